The molecule has 0 aliphatic heterocycles. The smallest absolute Gasteiger partial charge is 0.128 e. The molecule has 54 heavy (non-hydrogen) atoms. The molecule has 8 heteroatoms. The van der Waals surface area contributed by atoms with E-state index in [2.05, 4.69) is 68.9 Å². The third kappa shape index (κ3) is 7.80. The largest absolute Gasteiger partial charge is 0.497 e. The molecule has 0 saturated heterocycles. The Bertz CT molecular complexity index is 2580. The molecule has 8 aromatic rings. The van der Waals surface area contributed by atoms with Crippen LogP contribution in [-0.2, 0) is 0 Å². The quantitative estimate of drug-likeness (QED) is 0.151. The Morgan fingerprint density at radius 3 is 0.981 bits per heavy atom. The van der Waals surface area contributed by atoms with Crippen LogP contribution >= 0.6 is 24.4 Å². The van der Waals surface area contributed by atoms with Crippen molar-refractivity contribution >= 4 is 24.4 Å². The summed E-state index contributed by atoms with van der Waals surface area (Å²) in [5, 5.41) is 15.3. The predicted octanol–water partition coefficient (Wildman–Crippen LogP) is 12.3. The standard InChI is InChI=1S/2C23H18N2OS/c1-26-19-14-12-17(13-15-19)20-21(16-8-4-2-5-9-16)23(27)25-24-22(20)18-10-6-3-7-11-18;1-26-19-14-12-18(13-15-19)22-20(16-8-4-2-5-9-16)21(23(27)25-24-22)17-10-6-3-7-11-17/h2*2-15H,1H3,(H,25,27). The van der Waals surface area contributed by atoms with Gasteiger partial charge in [-0.15, -0.1) is 0 Å². The van der Waals surface area contributed by atoms with Crippen LogP contribution in [0.1, 0.15) is 0 Å². The molecular formula is C46H36N4O2S2. The number of rotatable bonds is 8. The van der Waals surface area contributed by atoms with Crippen molar-refractivity contribution < 1.29 is 9.47 Å². The van der Waals surface area contributed by atoms with Gasteiger partial charge in [0.25, 0.3) is 0 Å². The van der Waals surface area contributed by atoms with Crippen molar-refractivity contribution in [2.45, 2.75) is 0 Å². The number of benzene rings is 6. The summed E-state index contributed by atoms with van der Waals surface area (Å²) >= 11 is 11.3. The van der Waals surface area contributed by atoms with Gasteiger partial charge in [0.15, 0.2) is 0 Å². The van der Waals surface area contributed by atoms with Gasteiger partial charge in [0.2, 0.25) is 0 Å². The van der Waals surface area contributed by atoms with Crippen LogP contribution in [0.3, 0.4) is 0 Å². The van der Waals surface area contributed by atoms with Gasteiger partial charge in [-0.25, -0.2) is 0 Å². The Morgan fingerprint density at radius 1 is 0.352 bits per heavy atom. The SMILES string of the molecule is COc1ccc(-c2c(-c3ccccc3)n[nH]c(=S)c2-c2ccccc2)cc1.COc1ccc(-c2n[nH]c(=S)c(-c3ccccc3)c2-c2ccccc2)cc1. The number of hydrogen-bond donors (Lipinski definition) is 2. The first kappa shape index (κ1) is 35.9. The number of aromatic amines is 2. The second kappa shape index (κ2) is 16.9. The summed E-state index contributed by atoms with van der Waals surface area (Å²) in [7, 11) is 3.33. The molecule has 0 spiro atoms. The summed E-state index contributed by atoms with van der Waals surface area (Å²) in [6.45, 7) is 0. The summed E-state index contributed by atoms with van der Waals surface area (Å²) in [4.78, 5) is 0. The molecule has 0 saturated carbocycles. The summed E-state index contributed by atoms with van der Waals surface area (Å²) in [5.74, 6) is 1.63. The molecule has 2 aromatic heterocycles. The Labute approximate surface area is 324 Å². The van der Waals surface area contributed by atoms with Gasteiger partial charge in [-0.2, -0.15) is 10.2 Å². The monoisotopic (exact) mass is 740 g/mol. The number of H-pyrrole nitrogens is 2. The van der Waals surface area contributed by atoms with Crippen LogP contribution in [0.25, 0.3) is 67.0 Å². The molecule has 0 unspecified atom stereocenters. The molecule has 6 aromatic carbocycles. The Balaban J connectivity index is 0.000000167. The lowest BCUT2D eigenvalue weighted by molar-refractivity contribution is 0.415. The second-order valence-corrected chi connectivity index (χ2v) is 13.0. The zero-order chi connectivity index (χ0) is 37.3. The minimum Gasteiger partial charge on any atom is -0.497 e. The normalized spacial score (nSPS) is 10.6. The van der Waals surface area contributed by atoms with Gasteiger partial charge in [0.1, 0.15) is 20.8 Å². The van der Waals surface area contributed by atoms with Crippen LogP contribution < -0.4 is 9.47 Å². The number of methoxy groups -OCH3 is 2. The highest BCUT2D eigenvalue weighted by molar-refractivity contribution is 7.71. The van der Waals surface area contributed by atoms with E-state index in [1.54, 1.807) is 14.2 Å². The fraction of sp³-hybridized carbons (Fsp3) is 0.0435. The molecule has 0 radical (unpaired) electrons. The molecule has 0 aliphatic carbocycles. The maximum Gasteiger partial charge on any atom is 0.128 e. The summed E-state index contributed by atoms with van der Waals surface area (Å²) in [6.07, 6.45) is 0. The average molecular weight is 741 g/mol. The first-order chi connectivity index (χ1) is 26.6. The van der Waals surface area contributed by atoms with E-state index in [1.807, 2.05) is 121 Å². The second-order valence-electron chi connectivity index (χ2n) is 12.2. The van der Waals surface area contributed by atoms with E-state index in [9.17, 15) is 0 Å². The minimum absolute atomic E-state index is 0.617. The lowest BCUT2D eigenvalue weighted by Crippen LogP contribution is -1.98. The summed E-state index contributed by atoms with van der Waals surface area (Å²) in [6, 6.07) is 56.7. The van der Waals surface area contributed by atoms with E-state index in [4.69, 9.17) is 33.9 Å². The van der Waals surface area contributed by atoms with Crippen LogP contribution in [0.2, 0.25) is 0 Å². The van der Waals surface area contributed by atoms with Crippen LogP contribution in [0.4, 0.5) is 0 Å². The Morgan fingerprint density at radius 2 is 0.630 bits per heavy atom. The number of nitrogens with zero attached hydrogens (tertiary/aromatic N) is 2. The van der Waals surface area contributed by atoms with Crippen molar-refractivity contribution in [2.75, 3.05) is 14.2 Å². The van der Waals surface area contributed by atoms with Crippen molar-refractivity contribution in [1.29, 1.82) is 0 Å². The van der Waals surface area contributed by atoms with Crippen LogP contribution in [-0.4, -0.2) is 34.6 Å². The van der Waals surface area contributed by atoms with Gasteiger partial charge < -0.3 is 9.47 Å². The summed E-state index contributed by atoms with van der Waals surface area (Å²) in [5.41, 5.74) is 12.0. The van der Waals surface area contributed by atoms with E-state index in [0.717, 1.165) is 78.5 Å². The predicted molar refractivity (Wildman–Crippen MR) is 225 cm³/mol. The number of aromatic nitrogens is 4. The molecule has 0 bridgehead atoms. The third-order valence-electron chi connectivity index (χ3n) is 8.94. The highest BCUT2D eigenvalue weighted by atomic mass is 32.1. The molecule has 0 amide bonds. The highest BCUT2D eigenvalue weighted by Gasteiger charge is 2.19. The molecule has 2 heterocycles. The number of ether oxygens (including phenoxy) is 2. The van der Waals surface area contributed by atoms with Crippen LogP contribution in [0.15, 0.2) is 170 Å². The molecule has 0 aliphatic rings. The van der Waals surface area contributed by atoms with Crippen molar-refractivity contribution in [3.05, 3.63) is 179 Å². The topological polar surface area (TPSA) is 75.8 Å². The van der Waals surface area contributed by atoms with E-state index in [-0.39, 0.29) is 0 Å². The Kier molecular flexibility index (Phi) is 11.2. The maximum atomic E-state index is 5.64. The molecule has 8 rings (SSSR count). The number of nitrogens with one attached hydrogen (secondary N) is 2. The fourth-order valence-corrected chi connectivity index (χ4v) is 6.88. The first-order valence-electron chi connectivity index (χ1n) is 17.3. The molecule has 2 N–H and O–H groups in total. The van der Waals surface area contributed by atoms with E-state index in [1.165, 1.54) is 0 Å². The molecular weight excluding hydrogens is 705 g/mol. The van der Waals surface area contributed by atoms with E-state index >= 15 is 0 Å². The number of hydrogen-bond acceptors (Lipinski definition) is 6. The third-order valence-corrected chi connectivity index (χ3v) is 9.53. The van der Waals surface area contributed by atoms with Gasteiger partial charge in [0, 0.05) is 33.4 Å². The Hall–Kier alpha value is -6.48. The zero-order valence-electron chi connectivity index (χ0n) is 29.7. The minimum atomic E-state index is 0.617. The van der Waals surface area contributed by atoms with E-state index < -0.39 is 0 Å². The van der Waals surface area contributed by atoms with Gasteiger partial charge in [-0.1, -0.05) is 158 Å². The highest BCUT2D eigenvalue weighted by Crippen LogP contribution is 2.40. The van der Waals surface area contributed by atoms with Crippen molar-refractivity contribution in [2.24, 2.45) is 0 Å². The summed E-state index contributed by atoms with van der Waals surface area (Å²) < 4.78 is 11.8. The van der Waals surface area contributed by atoms with Crippen LogP contribution in [0.5, 0.6) is 11.5 Å². The van der Waals surface area contributed by atoms with Crippen LogP contribution in [0, 0.1) is 9.28 Å². The average Bonchev–Trinajstić information content (AvgIpc) is 3.25. The molecule has 0 atom stereocenters. The van der Waals surface area contributed by atoms with Crippen molar-refractivity contribution in [3.63, 3.8) is 0 Å². The van der Waals surface area contributed by atoms with Crippen molar-refractivity contribution in [1.82, 2.24) is 20.4 Å². The van der Waals surface area contributed by atoms with Crippen molar-refractivity contribution in [3.8, 4) is 78.5 Å². The van der Waals surface area contributed by atoms with E-state index in [0.29, 0.717) is 9.28 Å². The first-order valence-corrected chi connectivity index (χ1v) is 18.1. The lowest BCUT2D eigenvalue weighted by Gasteiger charge is -2.15. The van der Waals surface area contributed by atoms with Gasteiger partial charge in [-0.3, -0.25) is 10.2 Å². The lowest BCUT2D eigenvalue weighted by atomic mass is 9.92. The fourth-order valence-electron chi connectivity index (χ4n) is 6.35. The molecule has 264 valence electrons. The maximum absolute atomic E-state index is 5.64. The molecule has 0 fully saturated rings. The van der Waals surface area contributed by atoms with Gasteiger partial charge in [0.05, 0.1) is 25.6 Å². The van der Waals surface area contributed by atoms with Gasteiger partial charge >= 0.3 is 0 Å². The zero-order valence-corrected chi connectivity index (χ0v) is 31.3. The van der Waals surface area contributed by atoms with Gasteiger partial charge in [-0.05, 0) is 58.7 Å². The molecule has 6 nitrogen and oxygen atoms in total.